The highest BCUT2D eigenvalue weighted by Crippen LogP contribution is 2.21. The number of anilines is 1. The number of hydrogen-bond acceptors (Lipinski definition) is 2. The first-order chi connectivity index (χ1) is 7.08. The first kappa shape index (κ1) is 12.1. The molecular weight excluding hydrogens is 210 g/mol. The molecule has 1 rings (SSSR count). The average Bonchev–Trinajstić information content (AvgIpc) is 2.18. The van der Waals surface area contributed by atoms with Crippen LogP contribution < -0.4 is 5.73 Å². The average molecular weight is 226 g/mol. The lowest BCUT2D eigenvalue weighted by atomic mass is 9.93. The van der Waals surface area contributed by atoms with Gasteiger partial charge >= 0.3 is 0 Å². The van der Waals surface area contributed by atoms with Gasteiger partial charge in [-0.05, 0) is 31.0 Å². The topological polar surface area (TPSA) is 43.1 Å². The van der Waals surface area contributed by atoms with Gasteiger partial charge in [-0.2, -0.15) is 0 Å². The van der Waals surface area contributed by atoms with Gasteiger partial charge in [0.25, 0.3) is 0 Å². The molecule has 0 saturated carbocycles. The molecule has 0 saturated heterocycles. The van der Waals surface area contributed by atoms with Crippen molar-refractivity contribution in [3.05, 3.63) is 28.8 Å². The Kier molecular flexibility index (Phi) is 4.15. The third kappa shape index (κ3) is 2.96. The molecule has 0 aliphatic carbocycles. The van der Waals surface area contributed by atoms with E-state index in [0.717, 1.165) is 12.8 Å². The second-order valence-electron chi connectivity index (χ2n) is 3.65. The van der Waals surface area contributed by atoms with Crippen LogP contribution in [0, 0.1) is 5.92 Å². The third-order valence-electron chi connectivity index (χ3n) is 2.56. The minimum absolute atomic E-state index is 0.0721. The van der Waals surface area contributed by atoms with E-state index in [1.165, 1.54) is 0 Å². The number of nitrogen functional groups attached to an aromatic ring is 1. The van der Waals surface area contributed by atoms with Crippen molar-refractivity contribution in [2.45, 2.75) is 26.7 Å². The molecule has 0 aliphatic heterocycles. The maximum Gasteiger partial charge on any atom is 0.166 e. The summed E-state index contributed by atoms with van der Waals surface area (Å²) in [7, 11) is 0. The first-order valence-electron chi connectivity index (χ1n) is 5.18. The minimum atomic E-state index is 0.0721. The Labute approximate surface area is 95.4 Å². The summed E-state index contributed by atoms with van der Waals surface area (Å²) in [4.78, 5) is 12.0. The summed E-state index contributed by atoms with van der Waals surface area (Å²) >= 11 is 5.85. The molecule has 0 radical (unpaired) electrons. The number of ketones is 1. The van der Waals surface area contributed by atoms with Crippen molar-refractivity contribution in [3.8, 4) is 0 Å². The van der Waals surface area contributed by atoms with Crippen LogP contribution in [0.2, 0.25) is 5.02 Å². The van der Waals surface area contributed by atoms with E-state index in [4.69, 9.17) is 17.3 Å². The summed E-state index contributed by atoms with van der Waals surface area (Å²) in [6, 6.07) is 5.01. The molecule has 1 aromatic rings. The van der Waals surface area contributed by atoms with E-state index in [-0.39, 0.29) is 11.7 Å². The zero-order chi connectivity index (χ0) is 11.4. The summed E-state index contributed by atoms with van der Waals surface area (Å²) in [5, 5.41) is 0.518. The van der Waals surface area contributed by atoms with Crippen LogP contribution in [-0.4, -0.2) is 5.78 Å². The quantitative estimate of drug-likeness (QED) is 0.629. The number of carbonyl (C=O) groups is 1. The van der Waals surface area contributed by atoms with E-state index in [0.29, 0.717) is 16.3 Å². The van der Waals surface area contributed by atoms with Gasteiger partial charge in [0.05, 0.1) is 0 Å². The lowest BCUT2D eigenvalue weighted by Crippen LogP contribution is -2.13. The van der Waals surface area contributed by atoms with Crippen molar-refractivity contribution in [3.63, 3.8) is 0 Å². The van der Waals surface area contributed by atoms with Crippen molar-refractivity contribution >= 4 is 23.1 Å². The summed E-state index contributed by atoms with van der Waals surface area (Å²) in [5.41, 5.74) is 6.80. The van der Waals surface area contributed by atoms with Crippen LogP contribution in [0.4, 0.5) is 5.69 Å². The minimum Gasteiger partial charge on any atom is -0.399 e. The number of rotatable bonds is 4. The lowest BCUT2D eigenvalue weighted by Gasteiger charge is -2.11. The molecule has 0 unspecified atom stereocenters. The zero-order valence-electron chi connectivity index (χ0n) is 9.09. The van der Waals surface area contributed by atoms with Gasteiger partial charge in [0.15, 0.2) is 5.78 Å². The van der Waals surface area contributed by atoms with Crippen molar-refractivity contribution in [1.82, 2.24) is 0 Å². The summed E-state index contributed by atoms with van der Waals surface area (Å²) in [6.45, 7) is 4.03. The molecule has 0 heterocycles. The third-order valence-corrected chi connectivity index (χ3v) is 2.78. The van der Waals surface area contributed by atoms with Crippen LogP contribution in [0.5, 0.6) is 0 Å². The fraction of sp³-hybridized carbons (Fsp3) is 0.417. The number of halogens is 1. The van der Waals surface area contributed by atoms with Crippen molar-refractivity contribution in [2.24, 2.45) is 5.92 Å². The van der Waals surface area contributed by atoms with Gasteiger partial charge in [-0.15, -0.1) is 0 Å². The predicted octanol–water partition coefficient (Wildman–Crippen LogP) is 3.54. The van der Waals surface area contributed by atoms with Crippen LogP contribution in [0.3, 0.4) is 0 Å². The van der Waals surface area contributed by atoms with E-state index in [1.807, 2.05) is 13.8 Å². The molecule has 0 atom stereocenters. The van der Waals surface area contributed by atoms with E-state index in [2.05, 4.69) is 0 Å². The zero-order valence-corrected chi connectivity index (χ0v) is 9.84. The predicted molar refractivity (Wildman–Crippen MR) is 64.3 cm³/mol. The molecule has 0 aromatic heterocycles. The first-order valence-corrected chi connectivity index (χ1v) is 5.56. The largest absolute Gasteiger partial charge is 0.399 e. The molecule has 0 aliphatic rings. The van der Waals surface area contributed by atoms with Crippen LogP contribution in [0.15, 0.2) is 18.2 Å². The number of nitrogens with two attached hydrogens (primary N) is 1. The lowest BCUT2D eigenvalue weighted by molar-refractivity contribution is 0.0913. The standard InChI is InChI=1S/C12H16ClNO/c1-3-8(4-2)12(15)9-5-10(13)7-11(14)6-9/h5-8H,3-4,14H2,1-2H3. The Bertz CT molecular complexity index is 338. The Hall–Kier alpha value is -1.02. The normalized spacial score (nSPS) is 10.7. The van der Waals surface area contributed by atoms with E-state index < -0.39 is 0 Å². The van der Waals surface area contributed by atoms with Crippen LogP contribution in [0.25, 0.3) is 0 Å². The maximum absolute atomic E-state index is 12.0. The smallest absolute Gasteiger partial charge is 0.166 e. The molecule has 0 amide bonds. The van der Waals surface area contributed by atoms with Crippen molar-refractivity contribution < 1.29 is 4.79 Å². The molecule has 15 heavy (non-hydrogen) atoms. The Balaban J connectivity index is 3.00. The number of Topliss-reactive ketones (excluding diaryl/α,β-unsaturated/α-hetero) is 1. The Morgan fingerprint density at radius 2 is 1.93 bits per heavy atom. The van der Waals surface area contributed by atoms with Gasteiger partial charge in [-0.25, -0.2) is 0 Å². The van der Waals surface area contributed by atoms with Gasteiger partial charge < -0.3 is 5.73 Å². The van der Waals surface area contributed by atoms with E-state index >= 15 is 0 Å². The van der Waals surface area contributed by atoms with Gasteiger partial charge in [0, 0.05) is 22.2 Å². The fourth-order valence-corrected chi connectivity index (χ4v) is 1.89. The molecular formula is C12H16ClNO. The number of benzene rings is 1. The second kappa shape index (κ2) is 5.17. The molecule has 3 heteroatoms. The molecule has 82 valence electrons. The molecule has 0 spiro atoms. The van der Waals surface area contributed by atoms with Gasteiger partial charge in [-0.1, -0.05) is 25.4 Å². The highest BCUT2D eigenvalue weighted by molar-refractivity contribution is 6.31. The number of hydrogen-bond donors (Lipinski definition) is 1. The van der Waals surface area contributed by atoms with Crippen molar-refractivity contribution in [1.29, 1.82) is 0 Å². The van der Waals surface area contributed by atoms with Crippen LogP contribution in [-0.2, 0) is 0 Å². The summed E-state index contributed by atoms with van der Waals surface area (Å²) in [6.07, 6.45) is 1.70. The van der Waals surface area contributed by atoms with Crippen molar-refractivity contribution in [2.75, 3.05) is 5.73 Å². The van der Waals surface area contributed by atoms with Gasteiger partial charge in [-0.3, -0.25) is 4.79 Å². The summed E-state index contributed by atoms with van der Waals surface area (Å²) in [5.74, 6) is 0.206. The van der Waals surface area contributed by atoms with E-state index in [1.54, 1.807) is 18.2 Å². The molecule has 0 fully saturated rings. The maximum atomic E-state index is 12.0. The van der Waals surface area contributed by atoms with Crippen LogP contribution in [0.1, 0.15) is 37.0 Å². The van der Waals surface area contributed by atoms with E-state index in [9.17, 15) is 4.79 Å². The summed E-state index contributed by atoms with van der Waals surface area (Å²) < 4.78 is 0. The molecule has 0 bridgehead atoms. The SMILES string of the molecule is CCC(CC)C(=O)c1cc(N)cc(Cl)c1. The molecule has 2 N–H and O–H groups in total. The van der Waals surface area contributed by atoms with Crippen LogP contribution >= 0.6 is 11.6 Å². The van der Waals surface area contributed by atoms with Gasteiger partial charge in [0.1, 0.15) is 0 Å². The highest BCUT2D eigenvalue weighted by atomic mass is 35.5. The molecule has 2 nitrogen and oxygen atoms in total. The fourth-order valence-electron chi connectivity index (χ4n) is 1.65. The Morgan fingerprint density at radius 1 is 1.33 bits per heavy atom. The van der Waals surface area contributed by atoms with Gasteiger partial charge in [0.2, 0.25) is 0 Å². The Morgan fingerprint density at radius 3 is 2.40 bits per heavy atom. The highest BCUT2D eigenvalue weighted by Gasteiger charge is 2.16. The monoisotopic (exact) mass is 225 g/mol. The number of carbonyl (C=O) groups excluding carboxylic acids is 1. The molecule has 1 aromatic carbocycles. The second-order valence-corrected chi connectivity index (χ2v) is 4.09.